The maximum atomic E-state index is 12.9. The predicted octanol–water partition coefficient (Wildman–Crippen LogP) is 3.38. The highest BCUT2D eigenvalue weighted by Crippen LogP contribution is 2.32. The van der Waals surface area contributed by atoms with Crippen LogP contribution in [-0.2, 0) is 4.74 Å². The van der Waals surface area contributed by atoms with Gasteiger partial charge in [0.15, 0.2) is 5.65 Å². The van der Waals surface area contributed by atoms with Gasteiger partial charge in [0.1, 0.15) is 29.0 Å². The van der Waals surface area contributed by atoms with Crippen LogP contribution in [0, 0.1) is 20.8 Å². The van der Waals surface area contributed by atoms with Crippen molar-refractivity contribution in [1.82, 2.24) is 19.5 Å². The highest BCUT2D eigenvalue weighted by atomic mass is 16.5. The van der Waals surface area contributed by atoms with Crippen molar-refractivity contribution in [3.8, 4) is 17.0 Å². The monoisotopic (exact) mass is 382 g/mol. The normalized spacial score (nSPS) is 12.4. The summed E-state index contributed by atoms with van der Waals surface area (Å²) in [5.41, 5.74) is 5.08. The first kappa shape index (κ1) is 19.9. The van der Waals surface area contributed by atoms with E-state index in [9.17, 15) is 4.79 Å². The Balaban J connectivity index is 2.35. The third-order valence-corrected chi connectivity index (χ3v) is 5.03. The second-order valence-corrected chi connectivity index (χ2v) is 6.92. The third-order valence-electron chi connectivity index (χ3n) is 5.03. The number of aromatic nitrogens is 4. The number of nitrogens with zero attached hydrogens (tertiary/aromatic N) is 4. The van der Waals surface area contributed by atoms with E-state index < -0.39 is 0 Å². The number of fused-ring (bicyclic) bond motifs is 1. The molecule has 7 nitrogen and oxygen atoms in total. The van der Waals surface area contributed by atoms with Crippen LogP contribution in [0.2, 0.25) is 0 Å². The molecule has 7 heteroatoms. The van der Waals surface area contributed by atoms with Crippen LogP contribution >= 0.6 is 0 Å². The Morgan fingerprint density at radius 3 is 2.50 bits per heavy atom. The van der Waals surface area contributed by atoms with E-state index >= 15 is 0 Å². The molecule has 0 saturated heterocycles. The molecule has 0 N–H and O–H groups in total. The molecule has 28 heavy (non-hydrogen) atoms. The Kier molecular flexibility index (Phi) is 5.74. The van der Waals surface area contributed by atoms with E-state index in [1.54, 1.807) is 25.7 Å². The molecule has 0 bridgehead atoms. The summed E-state index contributed by atoms with van der Waals surface area (Å²) in [6.07, 6.45) is 2.23. The SMILES string of the molecule is CC[C@H](COC)n1c(=O)c(C)nc2c(-c3cc(C)c(OC)cc3C)ncnc21. The molecular weight excluding hydrogens is 356 g/mol. The van der Waals surface area contributed by atoms with Gasteiger partial charge in [-0.2, -0.15) is 0 Å². The molecule has 0 unspecified atom stereocenters. The number of ether oxygens (including phenoxy) is 2. The second kappa shape index (κ2) is 8.06. The van der Waals surface area contributed by atoms with Crippen LogP contribution < -0.4 is 10.3 Å². The number of hydrogen-bond acceptors (Lipinski definition) is 6. The van der Waals surface area contributed by atoms with Crippen LogP contribution in [-0.4, -0.2) is 40.3 Å². The van der Waals surface area contributed by atoms with E-state index in [-0.39, 0.29) is 11.6 Å². The van der Waals surface area contributed by atoms with Crippen LogP contribution in [0.5, 0.6) is 5.75 Å². The molecule has 0 aliphatic heterocycles. The van der Waals surface area contributed by atoms with Gasteiger partial charge in [0.05, 0.1) is 19.8 Å². The molecule has 0 amide bonds. The average Bonchev–Trinajstić information content (AvgIpc) is 2.69. The van der Waals surface area contributed by atoms with Crippen molar-refractivity contribution in [2.24, 2.45) is 0 Å². The van der Waals surface area contributed by atoms with Gasteiger partial charge in [-0.25, -0.2) is 15.0 Å². The van der Waals surface area contributed by atoms with Crippen LogP contribution in [0.4, 0.5) is 0 Å². The largest absolute Gasteiger partial charge is 0.496 e. The smallest absolute Gasteiger partial charge is 0.273 e. The Bertz CT molecular complexity index is 1080. The molecule has 0 aliphatic carbocycles. The maximum absolute atomic E-state index is 12.9. The fraction of sp³-hybridized carbons (Fsp3) is 0.429. The molecule has 0 fully saturated rings. The Labute approximate surface area is 164 Å². The van der Waals surface area contributed by atoms with Gasteiger partial charge >= 0.3 is 0 Å². The molecule has 0 radical (unpaired) electrons. The summed E-state index contributed by atoms with van der Waals surface area (Å²) < 4.78 is 12.4. The second-order valence-electron chi connectivity index (χ2n) is 6.92. The fourth-order valence-electron chi connectivity index (χ4n) is 3.50. The van der Waals surface area contributed by atoms with Gasteiger partial charge in [-0.05, 0) is 50.5 Å². The molecule has 2 heterocycles. The minimum atomic E-state index is -0.149. The van der Waals surface area contributed by atoms with Crippen molar-refractivity contribution in [3.63, 3.8) is 0 Å². The lowest BCUT2D eigenvalue weighted by molar-refractivity contribution is 0.153. The average molecular weight is 382 g/mol. The molecule has 0 spiro atoms. The molecule has 1 aromatic carbocycles. The van der Waals surface area contributed by atoms with Crippen molar-refractivity contribution in [2.75, 3.05) is 20.8 Å². The summed E-state index contributed by atoms with van der Waals surface area (Å²) in [7, 11) is 3.29. The summed E-state index contributed by atoms with van der Waals surface area (Å²) in [5, 5.41) is 0. The number of rotatable bonds is 6. The van der Waals surface area contributed by atoms with Gasteiger partial charge in [0, 0.05) is 12.7 Å². The molecule has 3 aromatic rings. The first-order valence-corrected chi connectivity index (χ1v) is 9.31. The van der Waals surface area contributed by atoms with Crippen molar-refractivity contribution < 1.29 is 9.47 Å². The van der Waals surface area contributed by atoms with Crippen molar-refractivity contribution in [2.45, 2.75) is 40.2 Å². The first-order chi connectivity index (χ1) is 13.4. The number of aryl methyl sites for hydroxylation is 3. The highest BCUT2D eigenvalue weighted by molar-refractivity contribution is 5.88. The molecular formula is C21H26N4O3. The summed E-state index contributed by atoms with van der Waals surface area (Å²) in [6, 6.07) is 3.90. The topological polar surface area (TPSA) is 79.1 Å². The van der Waals surface area contributed by atoms with Gasteiger partial charge in [-0.1, -0.05) is 6.92 Å². The van der Waals surface area contributed by atoms with E-state index in [1.165, 1.54) is 6.33 Å². The molecule has 0 aliphatic rings. The van der Waals surface area contributed by atoms with Gasteiger partial charge in [-0.15, -0.1) is 0 Å². The van der Waals surface area contributed by atoms with Crippen LogP contribution in [0.1, 0.15) is 36.2 Å². The molecule has 1 atom stereocenters. The molecule has 0 saturated carbocycles. The lowest BCUT2D eigenvalue weighted by atomic mass is 10.0. The van der Waals surface area contributed by atoms with E-state index in [4.69, 9.17) is 9.47 Å². The van der Waals surface area contributed by atoms with E-state index in [0.717, 1.165) is 28.9 Å². The Morgan fingerprint density at radius 1 is 1.11 bits per heavy atom. The summed E-state index contributed by atoms with van der Waals surface area (Å²) in [5.74, 6) is 0.826. The van der Waals surface area contributed by atoms with Crippen LogP contribution in [0.25, 0.3) is 22.4 Å². The number of methoxy groups -OCH3 is 2. The molecule has 148 valence electrons. The van der Waals surface area contributed by atoms with E-state index in [0.29, 0.717) is 29.2 Å². The minimum absolute atomic E-state index is 0.122. The number of hydrogen-bond donors (Lipinski definition) is 0. The summed E-state index contributed by atoms with van der Waals surface area (Å²) >= 11 is 0. The lowest BCUT2D eigenvalue weighted by Gasteiger charge is -2.20. The standard InChI is InChI=1S/C21H26N4O3/c1-7-15(10-27-5)25-20-19(24-14(4)21(25)26)18(22-11-23-20)16-8-13(3)17(28-6)9-12(16)2/h8-9,11,15H,7,10H2,1-6H3/t15-/m1/s1. The molecule has 3 rings (SSSR count). The predicted molar refractivity (Wildman–Crippen MR) is 109 cm³/mol. The highest BCUT2D eigenvalue weighted by Gasteiger charge is 2.21. The van der Waals surface area contributed by atoms with Crippen LogP contribution in [0.3, 0.4) is 0 Å². The van der Waals surface area contributed by atoms with Crippen molar-refractivity contribution in [3.05, 3.63) is 45.6 Å². The summed E-state index contributed by atoms with van der Waals surface area (Å²) in [4.78, 5) is 26.4. The van der Waals surface area contributed by atoms with Crippen molar-refractivity contribution >= 4 is 11.2 Å². The number of benzene rings is 1. The van der Waals surface area contributed by atoms with Gasteiger partial charge in [0.25, 0.3) is 5.56 Å². The summed E-state index contributed by atoms with van der Waals surface area (Å²) in [6.45, 7) is 8.17. The quantitative estimate of drug-likeness (QED) is 0.650. The zero-order chi connectivity index (χ0) is 20.4. The van der Waals surface area contributed by atoms with E-state index in [2.05, 4.69) is 15.0 Å². The van der Waals surface area contributed by atoms with Gasteiger partial charge < -0.3 is 9.47 Å². The first-order valence-electron chi connectivity index (χ1n) is 9.31. The van der Waals surface area contributed by atoms with Gasteiger partial charge in [0.2, 0.25) is 0 Å². The lowest BCUT2D eigenvalue weighted by Crippen LogP contribution is -2.30. The Hall–Kier alpha value is -2.80. The van der Waals surface area contributed by atoms with Crippen molar-refractivity contribution in [1.29, 1.82) is 0 Å². The zero-order valence-electron chi connectivity index (χ0n) is 17.2. The molecule has 2 aromatic heterocycles. The fourth-order valence-corrected chi connectivity index (χ4v) is 3.50. The van der Waals surface area contributed by atoms with E-state index in [1.807, 2.05) is 32.9 Å². The maximum Gasteiger partial charge on any atom is 0.273 e. The van der Waals surface area contributed by atoms with Crippen LogP contribution in [0.15, 0.2) is 23.3 Å². The minimum Gasteiger partial charge on any atom is -0.496 e. The van der Waals surface area contributed by atoms with Gasteiger partial charge in [-0.3, -0.25) is 9.36 Å². The zero-order valence-corrected chi connectivity index (χ0v) is 17.2. The Morgan fingerprint density at radius 2 is 1.86 bits per heavy atom. The third kappa shape index (κ3) is 3.38.